The van der Waals surface area contributed by atoms with E-state index in [0.717, 1.165) is 30.1 Å². The molecule has 6 heteroatoms. The Morgan fingerprint density at radius 2 is 1.08 bits per heavy atom. The summed E-state index contributed by atoms with van der Waals surface area (Å²) in [6.45, 7) is 10.0. The van der Waals surface area contributed by atoms with Crippen LogP contribution in [0.15, 0.2) is 0 Å². The van der Waals surface area contributed by atoms with Crippen molar-refractivity contribution >= 4 is 21.7 Å². The monoisotopic (exact) mass is 264 g/mol. The number of hydrogen-bond donors (Lipinski definition) is 0. The van der Waals surface area contributed by atoms with Gasteiger partial charge in [0.1, 0.15) is 0 Å². The SMILES string of the molecule is CC[N+](CC)(CC)CCl.[Be+2].[Cl-].[Cl-].[Cl-]. The van der Waals surface area contributed by atoms with Gasteiger partial charge in [-0.2, -0.15) is 0 Å². The van der Waals surface area contributed by atoms with Crippen molar-refractivity contribution in [3.8, 4) is 0 Å². The first-order valence-corrected chi connectivity index (χ1v) is 4.19. The zero-order valence-electron chi connectivity index (χ0n) is 8.49. The molecule has 80 valence electrons. The standard InChI is InChI=1S/C7H17ClN.Be.3ClH/c1-4-9(5-2,6-3)7-8;;;;/h4-7H2,1-3H3;;3*1H/q+1;+2;;;/p-3. The van der Waals surface area contributed by atoms with Crippen molar-refractivity contribution in [1.29, 1.82) is 0 Å². The van der Waals surface area contributed by atoms with Gasteiger partial charge in [0.15, 0.2) is 6.00 Å². The molecule has 0 rings (SSSR count). The van der Waals surface area contributed by atoms with Gasteiger partial charge in [-0.3, -0.25) is 0 Å². The smallest absolute Gasteiger partial charge is 1.00 e. The number of nitrogens with zero attached hydrogens (tertiary/aromatic N) is 1. The van der Waals surface area contributed by atoms with Crippen molar-refractivity contribution < 1.29 is 41.7 Å². The van der Waals surface area contributed by atoms with Gasteiger partial charge in [0.05, 0.1) is 19.6 Å². The minimum atomic E-state index is 0. The predicted octanol–water partition coefficient (Wildman–Crippen LogP) is -7.31. The van der Waals surface area contributed by atoms with Crippen LogP contribution in [-0.2, 0) is 0 Å². The minimum Gasteiger partial charge on any atom is -1.00 e. The fraction of sp³-hybridized carbons (Fsp3) is 1.00. The van der Waals surface area contributed by atoms with Gasteiger partial charge >= 0.3 is 10.1 Å². The van der Waals surface area contributed by atoms with Gasteiger partial charge in [-0.1, -0.05) is 11.6 Å². The van der Waals surface area contributed by atoms with E-state index in [4.69, 9.17) is 11.6 Å². The summed E-state index contributed by atoms with van der Waals surface area (Å²) in [7, 11) is 0. The second-order valence-corrected chi connectivity index (χ2v) is 2.65. The van der Waals surface area contributed by atoms with Crippen LogP contribution in [0.2, 0.25) is 0 Å². The number of halogens is 4. The van der Waals surface area contributed by atoms with Crippen molar-refractivity contribution in [2.24, 2.45) is 0 Å². The van der Waals surface area contributed by atoms with Crippen LogP contribution in [0.4, 0.5) is 0 Å². The maximum atomic E-state index is 5.80. The van der Waals surface area contributed by atoms with Crippen LogP contribution in [-0.4, -0.2) is 40.2 Å². The van der Waals surface area contributed by atoms with E-state index in [2.05, 4.69) is 20.8 Å². The maximum Gasteiger partial charge on any atom is 2.00 e. The summed E-state index contributed by atoms with van der Waals surface area (Å²) < 4.78 is 1.04. The third kappa shape index (κ3) is 9.59. The maximum absolute atomic E-state index is 5.80. The summed E-state index contributed by atoms with van der Waals surface area (Å²) in [6, 6.07) is 0.753. The Hall–Kier alpha value is 1.29. The fourth-order valence-electron chi connectivity index (χ4n) is 0.924. The first kappa shape index (κ1) is 29.2. The van der Waals surface area contributed by atoms with Crippen molar-refractivity contribution in [1.82, 2.24) is 0 Å². The molecule has 1 nitrogen and oxygen atoms in total. The molecule has 0 aliphatic heterocycles. The van der Waals surface area contributed by atoms with Crippen LogP contribution in [0.25, 0.3) is 0 Å². The van der Waals surface area contributed by atoms with E-state index in [0.29, 0.717) is 0 Å². The molecule has 0 fully saturated rings. The molecular formula is C7H17BeCl4N. The van der Waals surface area contributed by atoms with Gasteiger partial charge in [-0.05, 0) is 20.8 Å². The second-order valence-electron chi connectivity index (χ2n) is 2.41. The summed E-state index contributed by atoms with van der Waals surface area (Å²) in [5.74, 6) is 0. The van der Waals surface area contributed by atoms with Gasteiger partial charge in [0.25, 0.3) is 0 Å². The second kappa shape index (κ2) is 15.7. The van der Waals surface area contributed by atoms with Gasteiger partial charge in [-0.25, -0.2) is 0 Å². The van der Waals surface area contributed by atoms with Gasteiger partial charge < -0.3 is 41.7 Å². The molecule has 0 saturated heterocycles. The molecule has 0 N–H and O–H groups in total. The summed E-state index contributed by atoms with van der Waals surface area (Å²) in [5.41, 5.74) is 0. The van der Waals surface area contributed by atoms with E-state index in [1.54, 1.807) is 0 Å². The zero-order chi connectivity index (χ0) is 7.33. The van der Waals surface area contributed by atoms with Gasteiger partial charge in [0, 0.05) is 0 Å². The van der Waals surface area contributed by atoms with Crippen molar-refractivity contribution in [3.63, 3.8) is 0 Å². The fourth-order valence-corrected chi connectivity index (χ4v) is 1.43. The molecule has 0 heterocycles. The van der Waals surface area contributed by atoms with Crippen LogP contribution >= 0.6 is 11.6 Å². The molecule has 0 atom stereocenters. The Morgan fingerprint density at radius 3 is 1.08 bits per heavy atom. The normalized spacial score (nSPS) is 8.31. The van der Waals surface area contributed by atoms with Crippen LogP contribution in [0.3, 0.4) is 0 Å². The predicted molar refractivity (Wildman–Crippen MR) is 48.4 cm³/mol. The topological polar surface area (TPSA) is 0 Å². The molecule has 0 aromatic heterocycles. The van der Waals surface area contributed by atoms with E-state index < -0.39 is 0 Å². The Bertz CT molecular complexity index is 63.4. The summed E-state index contributed by atoms with van der Waals surface area (Å²) >= 11 is 5.80. The third-order valence-electron chi connectivity index (χ3n) is 2.27. The summed E-state index contributed by atoms with van der Waals surface area (Å²) in [4.78, 5) is 0. The Labute approximate surface area is 110 Å². The molecule has 0 unspecified atom stereocenters. The van der Waals surface area contributed by atoms with Crippen molar-refractivity contribution in [2.45, 2.75) is 20.8 Å². The molecule has 0 saturated carbocycles. The number of alkyl halides is 1. The average molecular weight is 266 g/mol. The third-order valence-corrected chi connectivity index (χ3v) is 2.77. The first-order valence-electron chi connectivity index (χ1n) is 3.65. The number of hydrogen-bond acceptors (Lipinski definition) is 0. The molecule has 0 bridgehead atoms. The van der Waals surface area contributed by atoms with Crippen LogP contribution < -0.4 is 37.2 Å². The molecule has 0 aromatic rings. The van der Waals surface area contributed by atoms with Crippen LogP contribution in [0, 0.1) is 0 Å². The Balaban J connectivity index is -0.0000000533. The van der Waals surface area contributed by atoms with E-state index in [9.17, 15) is 0 Å². The van der Waals surface area contributed by atoms with Crippen LogP contribution in [0.1, 0.15) is 20.8 Å². The van der Waals surface area contributed by atoms with Gasteiger partial charge in [-0.15, -0.1) is 0 Å². The molecule has 0 aliphatic carbocycles. The molecule has 13 heavy (non-hydrogen) atoms. The van der Waals surface area contributed by atoms with E-state index in [-0.39, 0.29) is 47.3 Å². The number of rotatable bonds is 4. The van der Waals surface area contributed by atoms with E-state index in [1.807, 2.05) is 0 Å². The molecule has 0 aromatic carbocycles. The van der Waals surface area contributed by atoms with E-state index in [1.165, 1.54) is 0 Å². The minimum absolute atomic E-state index is 0. The molecule has 0 spiro atoms. The summed E-state index contributed by atoms with van der Waals surface area (Å²) in [6.07, 6.45) is 0. The number of quaternary nitrogens is 1. The average Bonchev–Trinajstić information content (AvgIpc) is 1.95. The molecule has 0 radical (unpaired) electrons. The van der Waals surface area contributed by atoms with Crippen molar-refractivity contribution in [3.05, 3.63) is 0 Å². The quantitative estimate of drug-likeness (QED) is 0.205. The largest absolute Gasteiger partial charge is 2.00 e. The van der Waals surface area contributed by atoms with Crippen LogP contribution in [0.5, 0.6) is 0 Å². The van der Waals surface area contributed by atoms with Crippen molar-refractivity contribution in [2.75, 3.05) is 25.6 Å². The molecule has 0 aliphatic rings. The molecule has 0 amide bonds. The summed E-state index contributed by atoms with van der Waals surface area (Å²) in [5, 5.41) is 0. The molecular weight excluding hydrogens is 249 g/mol. The Morgan fingerprint density at radius 1 is 0.846 bits per heavy atom. The zero-order valence-corrected chi connectivity index (χ0v) is 11.5. The van der Waals surface area contributed by atoms with Gasteiger partial charge in [0.2, 0.25) is 0 Å². The first-order chi connectivity index (χ1) is 4.24. The Kier molecular flexibility index (Phi) is 35.4. The van der Waals surface area contributed by atoms with E-state index >= 15 is 0 Å².